The summed E-state index contributed by atoms with van der Waals surface area (Å²) in [5.41, 5.74) is 3.47. The van der Waals surface area contributed by atoms with Gasteiger partial charge < -0.3 is 5.32 Å². The molecule has 1 amide bonds. The van der Waals surface area contributed by atoms with E-state index in [9.17, 15) is 13.2 Å². The molecule has 1 heterocycles. The fourth-order valence-electron chi connectivity index (χ4n) is 2.78. The third-order valence-electron chi connectivity index (χ3n) is 4.20. The number of fused-ring (bicyclic) bond motifs is 1. The van der Waals surface area contributed by atoms with E-state index in [0.29, 0.717) is 17.7 Å². The summed E-state index contributed by atoms with van der Waals surface area (Å²) < 4.78 is 26.4. The standard InChI is InChI=1S/C18H20N2O3S2/c1-11-4-6-13-9-16(24-15(13)8-11)18(21)20-14-7-5-12(2)17(10-14)25(22,23)19-3/h4-8,10,16,19H,9H2,1-3H3,(H,20,21)/t16-/m1/s1. The van der Waals surface area contributed by atoms with E-state index >= 15 is 0 Å². The highest BCUT2D eigenvalue weighted by atomic mass is 32.2. The largest absolute Gasteiger partial charge is 0.325 e. The van der Waals surface area contributed by atoms with Crippen molar-refractivity contribution in [2.75, 3.05) is 12.4 Å². The maximum atomic E-state index is 12.6. The average Bonchev–Trinajstić information content (AvgIpc) is 2.99. The molecule has 0 bridgehead atoms. The zero-order chi connectivity index (χ0) is 18.2. The predicted molar refractivity (Wildman–Crippen MR) is 101 cm³/mol. The molecule has 3 rings (SSSR count). The molecule has 2 aromatic carbocycles. The number of aryl methyl sites for hydroxylation is 2. The molecule has 0 spiro atoms. The van der Waals surface area contributed by atoms with Gasteiger partial charge in [-0.15, -0.1) is 11.8 Å². The van der Waals surface area contributed by atoms with Gasteiger partial charge in [-0.05, 0) is 56.6 Å². The molecule has 1 aliphatic heterocycles. The van der Waals surface area contributed by atoms with Gasteiger partial charge in [0.25, 0.3) is 0 Å². The van der Waals surface area contributed by atoms with Crippen LogP contribution in [0, 0.1) is 13.8 Å². The molecule has 0 radical (unpaired) electrons. The molecule has 0 aromatic heterocycles. The highest BCUT2D eigenvalue weighted by Gasteiger charge is 2.28. The van der Waals surface area contributed by atoms with Gasteiger partial charge in [-0.3, -0.25) is 4.79 Å². The van der Waals surface area contributed by atoms with Crippen molar-refractivity contribution in [3.8, 4) is 0 Å². The number of nitrogens with one attached hydrogen (secondary N) is 2. The van der Waals surface area contributed by atoms with Gasteiger partial charge in [0, 0.05) is 10.6 Å². The van der Waals surface area contributed by atoms with E-state index in [1.54, 1.807) is 30.8 Å². The van der Waals surface area contributed by atoms with Gasteiger partial charge in [0.1, 0.15) is 0 Å². The molecule has 25 heavy (non-hydrogen) atoms. The third-order valence-corrected chi connectivity index (χ3v) is 7.06. The Kier molecular flexibility index (Phi) is 4.90. The minimum Gasteiger partial charge on any atom is -0.325 e. The highest BCUT2D eigenvalue weighted by molar-refractivity contribution is 8.01. The molecule has 0 saturated carbocycles. The van der Waals surface area contributed by atoms with Crippen molar-refractivity contribution in [2.45, 2.75) is 35.3 Å². The van der Waals surface area contributed by atoms with E-state index < -0.39 is 10.0 Å². The summed E-state index contributed by atoms with van der Waals surface area (Å²) in [7, 11) is -2.19. The first-order valence-corrected chi connectivity index (χ1v) is 10.3. The molecule has 2 N–H and O–H groups in total. The molecule has 7 heteroatoms. The highest BCUT2D eigenvalue weighted by Crippen LogP contribution is 2.38. The zero-order valence-corrected chi connectivity index (χ0v) is 15.9. The molecule has 5 nitrogen and oxygen atoms in total. The summed E-state index contributed by atoms with van der Waals surface area (Å²) in [4.78, 5) is 13.9. The third kappa shape index (κ3) is 3.73. The minimum absolute atomic E-state index is 0.115. The van der Waals surface area contributed by atoms with E-state index in [1.807, 2.05) is 6.92 Å². The van der Waals surface area contributed by atoms with Crippen LogP contribution in [0.5, 0.6) is 0 Å². The van der Waals surface area contributed by atoms with Crippen LogP contribution in [0.15, 0.2) is 46.2 Å². The minimum atomic E-state index is -3.56. The van der Waals surface area contributed by atoms with Crippen molar-refractivity contribution in [1.82, 2.24) is 4.72 Å². The van der Waals surface area contributed by atoms with Crippen LogP contribution < -0.4 is 10.0 Å². The fourth-order valence-corrected chi connectivity index (χ4v) is 5.07. The summed E-state index contributed by atoms with van der Waals surface area (Å²) in [6, 6.07) is 11.1. The summed E-state index contributed by atoms with van der Waals surface area (Å²) >= 11 is 1.55. The molecular weight excluding hydrogens is 356 g/mol. The Labute approximate surface area is 152 Å². The van der Waals surface area contributed by atoms with Crippen LogP contribution in [0.1, 0.15) is 16.7 Å². The maximum absolute atomic E-state index is 12.6. The van der Waals surface area contributed by atoms with Crippen LogP contribution in [0.4, 0.5) is 5.69 Å². The van der Waals surface area contributed by atoms with Gasteiger partial charge in [-0.1, -0.05) is 23.8 Å². The fraction of sp³-hybridized carbons (Fsp3) is 0.278. The summed E-state index contributed by atoms with van der Waals surface area (Å²) in [6.07, 6.45) is 0.680. The van der Waals surface area contributed by atoms with Crippen molar-refractivity contribution >= 4 is 33.4 Å². The maximum Gasteiger partial charge on any atom is 0.240 e. The van der Waals surface area contributed by atoms with Crippen LogP contribution in [0.2, 0.25) is 0 Å². The van der Waals surface area contributed by atoms with Crippen LogP contribution >= 0.6 is 11.8 Å². The molecule has 0 saturated heterocycles. The summed E-state index contributed by atoms with van der Waals surface area (Å²) in [5, 5.41) is 2.64. The quantitative estimate of drug-likeness (QED) is 0.860. The molecule has 0 aliphatic carbocycles. The molecule has 132 valence electrons. The van der Waals surface area contributed by atoms with Crippen LogP contribution in [0.25, 0.3) is 0 Å². The number of thioether (sulfide) groups is 1. The Balaban J connectivity index is 1.78. The molecule has 1 aliphatic rings. The van der Waals surface area contributed by atoms with Gasteiger partial charge in [0.05, 0.1) is 10.1 Å². The Morgan fingerprint density at radius 2 is 1.92 bits per heavy atom. The van der Waals surface area contributed by atoms with Crippen molar-refractivity contribution in [1.29, 1.82) is 0 Å². The van der Waals surface area contributed by atoms with Gasteiger partial charge in [-0.25, -0.2) is 13.1 Å². The first-order valence-electron chi connectivity index (χ1n) is 7.91. The van der Waals surface area contributed by atoms with Crippen molar-refractivity contribution in [3.05, 3.63) is 53.1 Å². The molecule has 1 atom stereocenters. The zero-order valence-electron chi connectivity index (χ0n) is 14.3. The number of hydrogen-bond donors (Lipinski definition) is 2. The van der Waals surface area contributed by atoms with E-state index in [2.05, 4.69) is 28.2 Å². The monoisotopic (exact) mass is 376 g/mol. The van der Waals surface area contributed by atoms with Crippen LogP contribution in [-0.2, 0) is 21.2 Å². The van der Waals surface area contributed by atoms with E-state index in [4.69, 9.17) is 0 Å². The lowest BCUT2D eigenvalue weighted by molar-refractivity contribution is -0.115. The lowest BCUT2D eigenvalue weighted by atomic mass is 10.1. The van der Waals surface area contributed by atoms with Crippen LogP contribution in [-0.4, -0.2) is 26.6 Å². The normalized spacial score (nSPS) is 16.5. The topological polar surface area (TPSA) is 75.3 Å². The van der Waals surface area contributed by atoms with Gasteiger partial charge in [0.2, 0.25) is 15.9 Å². The average molecular weight is 377 g/mol. The van der Waals surface area contributed by atoms with Gasteiger partial charge in [0.15, 0.2) is 0 Å². The number of amides is 1. The molecular formula is C18H20N2O3S2. The first-order chi connectivity index (χ1) is 11.8. The van der Waals surface area contributed by atoms with Crippen LogP contribution in [0.3, 0.4) is 0 Å². The smallest absolute Gasteiger partial charge is 0.240 e. The number of hydrogen-bond acceptors (Lipinski definition) is 4. The second-order valence-corrected chi connectivity index (χ2v) is 9.20. The lowest BCUT2D eigenvalue weighted by Crippen LogP contribution is -2.25. The lowest BCUT2D eigenvalue weighted by Gasteiger charge is -2.12. The van der Waals surface area contributed by atoms with E-state index in [0.717, 1.165) is 4.90 Å². The molecule has 2 aromatic rings. The number of sulfonamides is 1. The van der Waals surface area contributed by atoms with Gasteiger partial charge in [-0.2, -0.15) is 0 Å². The summed E-state index contributed by atoms with van der Waals surface area (Å²) in [6.45, 7) is 3.76. The first kappa shape index (κ1) is 18.0. The molecule has 0 unspecified atom stereocenters. The Morgan fingerprint density at radius 3 is 2.64 bits per heavy atom. The van der Waals surface area contributed by atoms with Gasteiger partial charge >= 0.3 is 0 Å². The Hall–Kier alpha value is -1.83. The second-order valence-electron chi connectivity index (χ2n) is 6.10. The summed E-state index contributed by atoms with van der Waals surface area (Å²) in [5.74, 6) is -0.115. The van der Waals surface area contributed by atoms with E-state index in [-0.39, 0.29) is 16.1 Å². The predicted octanol–water partition coefficient (Wildman–Crippen LogP) is 2.87. The molecule has 0 fully saturated rings. The van der Waals surface area contributed by atoms with Crippen molar-refractivity contribution in [3.63, 3.8) is 0 Å². The number of anilines is 1. The Bertz CT molecular complexity index is 939. The number of rotatable bonds is 4. The second kappa shape index (κ2) is 6.82. The van der Waals surface area contributed by atoms with E-state index in [1.165, 1.54) is 24.2 Å². The number of carbonyl (C=O) groups is 1. The number of carbonyl (C=O) groups excluding carboxylic acids is 1. The van der Waals surface area contributed by atoms with Crippen molar-refractivity contribution in [2.24, 2.45) is 0 Å². The SMILES string of the molecule is CNS(=O)(=O)c1cc(NC(=O)[C@H]2Cc3ccc(C)cc3S2)ccc1C. The van der Waals surface area contributed by atoms with Crippen molar-refractivity contribution < 1.29 is 13.2 Å². The number of benzene rings is 2. The Morgan fingerprint density at radius 1 is 1.16 bits per heavy atom.